The molecular formula is C7H9NO2. The highest BCUT2D eigenvalue weighted by molar-refractivity contribution is 5.90. The Balaban J connectivity index is 2.12. The highest BCUT2D eigenvalue weighted by Crippen LogP contribution is 2.22. The summed E-state index contributed by atoms with van der Waals surface area (Å²) in [5, 5.41) is 0. The lowest BCUT2D eigenvalue weighted by Gasteiger charge is -2.09. The summed E-state index contributed by atoms with van der Waals surface area (Å²) in [6.07, 6.45) is 1.21. The molecule has 0 spiro atoms. The first kappa shape index (κ1) is 6.04. The first-order valence-corrected chi connectivity index (χ1v) is 3.53. The van der Waals surface area contributed by atoms with E-state index in [0.29, 0.717) is 25.9 Å². The van der Waals surface area contributed by atoms with Crippen LogP contribution < -0.4 is 0 Å². The molecule has 0 bridgehead atoms. The van der Waals surface area contributed by atoms with Gasteiger partial charge >= 0.3 is 0 Å². The van der Waals surface area contributed by atoms with Crippen molar-refractivity contribution < 1.29 is 9.59 Å². The second-order valence-corrected chi connectivity index (χ2v) is 3.04. The topological polar surface area (TPSA) is 37.4 Å². The molecule has 2 rings (SSSR count). The van der Waals surface area contributed by atoms with Crippen LogP contribution in [-0.2, 0) is 9.59 Å². The van der Waals surface area contributed by atoms with Gasteiger partial charge in [0, 0.05) is 18.9 Å². The van der Waals surface area contributed by atoms with Crippen molar-refractivity contribution in [2.75, 3.05) is 13.1 Å². The van der Waals surface area contributed by atoms with Crippen LogP contribution >= 0.6 is 0 Å². The fourth-order valence-corrected chi connectivity index (χ4v) is 1.75. The van der Waals surface area contributed by atoms with Gasteiger partial charge in [0.1, 0.15) is 11.6 Å². The van der Waals surface area contributed by atoms with Crippen LogP contribution in [0.3, 0.4) is 0 Å². The molecule has 0 aliphatic carbocycles. The van der Waals surface area contributed by atoms with Crippen molar-refractivity contribution in [1.29, 1.82) is 0 Å². The van der Waals surface area contributed by atoms with E-state index in [1.807, 2.05) is 4.90 Å². The number of carbonyl (C=O) groups is 2. The van der Waals surface area contributed by atoms with Crippen LogP contribution in [0.15, 0.2) is 0 Å². The van der Waals surface area contributed by atoms with E-state index >= 15 is 0 Å². The molecule has 2 saturated heterocycles. The maximum atomic E-state index is 10.8. The van der Waals surface area contributed by atoms with E-state index in [9.17, 15) is 9.59 Å². The molecule has 54 valence electrons. The number of carbonyl (C=O) groups excluding carboxylic acids is 2. The monoisotopic (exact) mass is 139 g/mol. The van der Waals surface area contributed by atoms with Crippen molar-refractivity contribution in [3.63, 3.8) is 0 Å². The Labute approximate surface area is 59.0 Å². The second kappa shape index (κ2) is 1.89. The van der Waals surface area contributed by atoms with E-state index in [1.165, 1.54) is 0 Å². The Hall–Kier alpha value is -0.700. The fourth-order valence-electron chi connectivity index (χ4n) is 1.75. The maximum Gasteiger partial charge on any atom is 0.148 e. The number of rotatable bonds is 0. The quantitative estimate of drug-likeness (QED) is 0.458. The summed E-state index contributed by atoms with van der Waals surface area (Å²) in [5.74, 6) is 0.579. The second-order valence-electron chi connectivity index (χ2n) is 3.04. The molecular weight excluding hydrogens is 130 g/mol. The molecule has 2 aliphatic heterocycles. The molecule has 0 aromatic heterocycles. The summed E-state index contributed by atoms with van der Waals surface area (Å²) in [6, 6.07) is 0.264. The van der Waals surface area contributed by atoms with Crippen LogP contribution in [-0.4, -0.2) is 35.6 Å². The number of ketones is 2. The molecule has 0 unspecified atom stereocenters. The molecule has 0 saturated carbocycles. The first-order valence-electron chi connectivity index (χ1n) is 3.53. The molecule has 0 radical (unpaired) electrons. The van der Waals surface area contributed by atoms with E-state index in [4.69, 9.17) is 0 Å². The summed E-state index contributed by atoms with van der Waals surface area (Å²) < 4.78 is 0. The average Bonchev–Trinajstić information content (AvgIpc) is 2.21. The SMILES string of the molecule is O=C1CC2CC(=O)CN2C1. The molecule has 2 fully saturated rings. The highest BCUT2D eigenvalue weighted by atomic mass is 16.1. The standard InChI is InChI=1S/C7H9NO2/c9-6-1-5-2-7(10)4-8(5)3-6/h5H,1-4H2. The Morgan fingerprint density at radius 3 is 2.00 bits per heavy atom. The molecule has 0 amide bonds. The van der Waals surface area contributed by atoms with E-state index in [-0.39, 0.29) is 17.6 Å². The number of fused-ring (bicyclic) bond motifs is 1. The summed E-state index contributed by atoms with van der Waals surface area (Å²) in [7, 11) is 0. The van der Waals surface area contributed by atoms with Gasteiger partial charge in [0.05, 0.1) is 13.1 Å². The molecule has 0 aromatic carbocycles. The van der Waals surface area contributed by atoms with E-state index in [0.717, 1.165) is 0 Å². The molecule has 3 nitrogen and oxygen atoms in total. The lowest BCUT2D eigenvalue weighted by molar-refractivity contribution is -0.118. The van der Waals surface area contributed by atoms with Gasteiger partial charge in [-0.2, -0.15) is 0 Å². The van der Waals surface area contributed by atoms with Crippen LogP contribution in [0.5, 0.6) is 0 Å². The van der Waals surface area contributed by atoms with Gasteiger partial charge in [0.25, 0.3) is 0 Å². The summed E-state index contributed by atoms with van der Waals surface area (Å²) >= 11 is 0. The first-order chi connectivity index (χ1) is 4.75. The van der Waals surface area contributed by atoms with Gasteiger partial charge in [0.15, 0.2) is 0 Å². The van der Waals surface area contributed by atoms with Crippen molar-refractivity contribution >= 4 is 11.6 Å². The smallest absolute Gasteiger partial charge is 0.148 e. The van der Waals surface area contributed by atoms with Crippen LogP contribution in [0, 0.1) is 0 Å². The van der Waals surface area contributed by atoms with Crippen molar-refractivity contribution in [3.05, 3.63) is 0 Å². The normalized spacial score (nSPS) is 28.0. The third kappa shape index (κ3) is 0.778. The van der Waals surface area contributed by atoms with Crippen molar-refractivity contribution in [3.8, 4) is 0 Å². The molecule has 3 heteroatoms. The van der Waals surface area contributed by atoms with Crippen molar-refractivity contribution in [2.45, 2.75) is 18.9 Å². The van der Waals surface area contributed by atoms with E-state index in [2.05, 4.69) is 0 Å². The highest BCUT2D eigenvalue weighted by Gasteiger charge is 2.37. The number of nitrogens with zero attached hydrogens (tertiary/aromatic N) is 1. The lowest BCUT2D eigenvalue weighted by Crippen LogP contribution is -2.23. The van der Waals surface area contributed by atoms with Crippen LogP contribution in [0.2, 0.25) is 0 Å². The van der Waals surface area contributed by atoms with Gasteiger partial charge in [-0.15, -0.1) is 0 Å². The Morgan fingerprint density at radius 1 is 1.10 bits per heavy atom. The average molecular weight is 139 g/mol. The molecule has 10 heavy (non-hydrogen) atoms. The van der Waals surface area contributed by atoms with Crippen LogP contribution in [0.25, 0.3) is 0 Å². The minimum atomic E-state index is 0.264. The van der Waals surface area contributed by atoms with Crippen molar-refractivity contribution in [1.82, 2.24) is 4.90 Å². The summed E-state index contributed by atoms with van der Waals surface area (Å²) in [5.41, 5.74) is 0. The van der Waals surface area contributed by atoms with Gasteiger partial charge in [-0.05, 0) is 0 Å². The number of hydrogen-bond acceptors (Lipinski definition) is 3. The van der Waals surface area contributed by atoms with Crippen LogP contribution in [0.4, 0.5) is 0 Å². The predicted octanol–water partition coefficient (Wildman–Crippen LogP) is -0.397. The van der Waals surface area contributed by atoms with E-state index in [1.54, 1.807) is 0 Å². The number of Topliss-reactive ketones (excluding diaryl/α,β-unsaturated/α-hetero) is 2. The Morgan fingerprint density at radius 2 is 1.60 bits per heavy atom. The Kier molecular flexibility index (Phi) is 1.14. The number of hydrogen-bond donors (Lipinski definition) is 0. The zero-order valence-electron chi connectivity index (χ0n) is 5.67. The van der Waals surface area contributed by atoms with Gasteiger partial charge < -0.3 is 0 Å². The predicted molar refractivity (Wildman–Crippen MR) is 34.6 cm³/mol. The zero-order valence-corrected chi connectivity index (χ0v) is 5.67. The minimum Gasteiger partial charge on any atom is -0.298 e. The molecule has 0 aromatic rings. The van der Waals surface area contributed by atoms with Gasteiger partial charge in [0.2, 0.25) is 0 Å². The maximum absolute atomic E-state index is 10.8. The largest absolute Gasteiger partial charge is 0.298 e. The van der Waals surface area contributed by atoms with Crippen LogP contribution in [0.1, 0.15) is 12.8 Å². The van der Waals surface area contributed by atoms with Gasteiger partial charge in [-0.1, -0.05) is 0 Å². The zero-order chi connectivity index (χ0) is 7.14. The Bertz CT molecular complexity index is 162. The minimum absolute atomic E-state index is 0.264. The van der Waals surface area contributed by atoms with Crippen molar-refractivity contribution in [2.24, 2.45) is 0 Å². The lowest BCUT2D eigenvalue weighted by atomic mass is 10.1. The third-order valence-electron chi connectivity index (χ3n) is 2.20. The fraction of sp³-hybridized carbons (Fsp3) is 0.714. The molecule has 2 heterocycles. The summed E-state index contributed by atoms with van der Waals surface area (Å²) in [6.45, 7) is 1.02. The summed E-state index contributed by atoms with van der Waals surface area (Å²) in [4.78, 5) is 23.6. The van der Waals surface area contributed by atoms with Gasteiger partial charge in [-0.3, -0.25) is 14.5 Å². The molecule has 0 N–H and O–H groups in total. The molecule has 0 atom stereocenters. The third-order valence-corrected chi connectivity index (χ3v) is 2.20. The van der Waals surface area contributed by atoms with E-state index < -0.39 is 0 Å². The molecule has 2 aliphatic rings. The van der Waals surface area contributed by atoms with Gasteiger partial charge in [-0.25, -0.2) is 0 Å².